The van der Waals surface area contributed by atoms with Gasteiger partial charge in [0.1, 0.15) is 12.2 Å². The molecule has 1 aliphatic rings. The van der Waals surface area contributed by atoms with Crippen LogP contribution in [0.4, 0.5) is 10.5 Å². The van der Waals surface area contributed by atoms with Crippen LogP contribution in [-0.2, 0) is 9.59 Å². The molecule has 2 aromatic rings. The first-order chi connectivity index (χ1) is 14.3. The number of nitrogens with one attached hydrogen (secondary N) is 2. The lowest BCUT2D eigenvalue weighted by atomic mass is 10.1. The third kappa shape index (κ3) is 4.35. The molecule has 9 nitrogen and oxygen atoms in total. The topological polar surface area (TPSA) is 117 Å². The molecule has 3 rings (SSSR count). The summed E-state index contributed by atoms with van der Waals surface area (Å²) in [4.78, 5) is 37.9. The summed E-state index contributed by atoms with van der Waals surface area (Å²) in [5.41, 5.74) is 2.05. The van der Waals surface area contributed by atoms with Crippen molar-refractivity contribution in [1.29, 1.82) is 0 Å². The van der Waals surface area contributed by atoms with Crippen LogP contribution in [0.1, 0.15) is 11.1 Å². The number of methoxy groups -OCH3 is 2. The number of carbonyl (C=O) groups excluding carboxylic acids is 3. The highest BCUT2D eigenvalue weighted by Gasteiger charge is 2.35. The first-order valence-electron chi connectivity index (χ1n) is 8.98. The molecule has 9 heteroatoms. The van der Waals surface area contributed by atoms with Crippen LogP contribution in [0.5, 0.6) is 17.2 Å². The summed E-state index contributed by atoms with van der Waals surface area (Å²) < 4.78 is 10.2. The van der Waals surface area contributed by atoms with Crippen molar-refractivity contribution >= 4 is 29.6 Å². The molecule has 4 amide bonds. The monoisotopic (exact) mass is 411 g/mol. The van der Waals surface area contributed by atoms with E-state index < -0.39 is 24.4 Å². The molecule has 3 N–H and O–H groups in total. The summed E-state index contributed by atoms with van der Waals surface area (Å²) in [5.74, 6) is -1.04. The van der Waals surface area contributed by atoms with Crippen LogP contribution >= 0.6 is 0 Å². The van der Waals surface area contributed by atoms with Crippen LogP contribution in [-0.4, -0.2) is 48.6 Å². The molecule has 0 radical (unpaired) electrons. The summed E-state index contributed by atoms with van der Waals surface area (Å²) >= 11 is 0. The first kappa shape index (κ1) is 20.7. The van der Waals surface area contributed by atoms with Crippen molar-refractivity contribution in [2.45, 2.75) is 6.92 Å². The Bertz CT molecular complexity index is 1000. The number of phenolic OH excluding ortho intramolecular Hbond substituents is 1. The summed E-state index contributed by atoms with van der Waals surface area (Å²) in [6.07, 6.45) is 1.41. The lowest BCUT2D eigenvalue weighted by Gasteiger charge is -2.12. The van der Waals surface area contributed by atoms with E-state index in [4.69, 9.17) is 9.47 Å². The number of carbonyl (C=O) groups is 3. The van der Waals surface area contributed by atoms with E-state index in [2.05, 4.69) is 10.6 Å². The first-order valence-corrected chi connectivity index (χ1v) is 8.98. The average Bonchev–Trinajstić information content (AvgIpc) is 2.98. The zero-order valence-electron chi connectivity index (χ0n) is 16.7. The maximum Gasteiger partial charge on any atom is 0.329 e. The Labute approximate surface area is 172 Å². The van der Waals surface area contributed by atoms with E-state index in [1.165, 1.54) is 32.4 Å². The Morgan fingerprint density at radius 3 is 2.30 bits per heavy atom. The van der Waals surface area contributed by atoms with Gasteiger partial charge in [-0.3, -0.25) is 9.59 Å². The van der Waals surface area contributed by atoms with E-state index in [-0.39, 0.29) is 22.9 Å². The van der Waals surface area contributed by atoms with Crippen LogP contribution < -0.4 is 20.1 Å². The number of ether oxygens (including phenoxy) is 2. The number of aryl methyl sites for hydroxylation is 1. The van der Waals surface area contributed by atoms with Crippen molar-refractivity contribution < 1.29 is 29.0 Å². The number of urea groups is 1. The predicted octanol–water partition coefficient (Wildman–Crippen LogP) is 2.25. The molecule has 0 aromatic heterocycles. The molecule has 30 heavy (non-hydrogen) atoms. The minimum absolute atomic E-state index is 0.0158. The molecule has 1 fully saturated rings. The van der Waals surface area contributed by atoms with E-state index in [1.54, 1.807) is 12.1 Å². The zero-order chi connectivity index (χ0) is 21.8. The van der Waals surface area contributed by atoms with Gasteiger partial charge in [-0.1, -0.05) is 17.7 Å². The number of rotatable bonds is 6. The Kier molecular flexibility index (Phi) is 5.91. The fourth-order valence-corrected chi connectivity index (χ4v) is 2.86. The number of imide groups is 1. The fraction of sp³-hybridized carbons (Fsp3) is 0.190. The van der Waals surface area contributed by atoms with Crippen LogP contribution in [0.3, 0.4) is 0 Å². The molecule has 0 atom stereocenters. The van der Waals surface area contributed by atoms with Crippen LogP contribution in [0.25, 0.3) is 6.08 Å². The number of hydrogen-bond acceptors (Lipinski definition) is 6. The minimum Gasteiger partial charge on any atom is -0.502 e. The van der Waals surface area contributed by atoms with Gasteiger partial charge in [0.25, 0.3) is 5.91 Å². The number of aromatic hydroxyl groups is 1. The zero-order valence-corrected chi connectivity index (χ0v) is 16.7. The molecule has 0 unspecified atom stereocenters. The molecule has 156 valence electrons. The molecule has 0 bridgehead atoms. The standard InChI is InChI=1S/C21H21N3O6/c1-12-4-6-14(7-5-12)22-18(25)11-24-20(27)15(23-21(24)28)8-13-9-16(29-2)19(26)17(10-13)30-3/h4-10,26H,11H2,1-3H3,(H,22,25)(H,23,28)/b15-8-. The highest BCUT2D eigenvalue weighted by atomic mass is 16.5. The lowest BCUT2D eigenvalue weighted by molar-refractivity contribution is -0.127. The second-order valence-corrected chi connectivity index (χ2v) is 6.57. The van der Waals surface area contributed by atoms with Gasteiger partial charge >= 0.3 is 6.03 Å². The van der Waals surface area contributed by atoms with Gasteiger partial charge in [0.05, 0.1) is 14.2 Å². The molecule has 1 aliphatic heterocycles. The Morgan fingerprint density at radius 1 is 1.13 bits per heavy atom. The second kappa shape index (κ2) is 8.56. The van der Waals surface area contributed by atoms with Crippen molar-refractivity contribution in [1.82, 2.24) is 10.2 Å². The van der Waals surface area contributed by atoms with Crippen molar-refractivity contribution in [2.75, 3.05) is 26.1 Å². The third-order valence-electron chi connectivity index (χ3n) is 4.41. The lowest BCUT2D eigenvalue weighted by Crippen LogP contribution is -2.38. The highest BCUT2D eigenvalue weighted by Crippen LogP contribution is 2.37. The van der Waals surface area contributed by atoms with E-state index in [0.29, 0.717) is 11.3 Å². The van der Waals surface area contributed by atoms with Gasteiger partial charge in [0.2, 0.25) is 11.7 Å². The predicted molar refractivity (Wildman–Crippen MR) is 109 cm³/mol. The summed E-state index contributed by atoms with van der Waals surface area (Å²) in [6, 6.07) is 9.40. The normalized spacial score (nSPS) is 14.6. The second-order valence-electron chi connectivity index (χ2n) is 6.57. The number of hydrogen-bond donors (Lipinski definition) is 3. The van der Waals surface area contributed by atoms with Crippen molar-refractivity contribution in [2.24, 2.45) is 0 Å². The average molecular weight is 411 g/mol. The van der Waals surface area contributed by atoms with Gasteiger partial charge in [-0.2, -0.15) is 0 Å². The van der Waals surface area contributed by atoms with E-state index >= 15 is 0 Å². The fourth-order valence-electron chi connectivity index (χ4n) is 2.86. The Balaban J connectivity index is 1.75. The summed E-state index contributed by atoms with van der Waals surface area (Å²) in [5, 5.41) is 15.1. The number of benzene rings is 2. The minimum atomic E-state index is -0.706. The van der Waals surface area contributed by atoms with Crippen LogP contribution in [0.15, 0.2) is 42.1 Å². The van der Waals surface area contributed by atoms with Gasteiger partial charge in [0, 0.05) is 5.69 Å². The SMILES string of the molecule is COc1cc(/C=C2\NC(=O)N(CC(=O)Nc3ccc(C)cc3)C2=O)cc(OC)c1O. The molecule has 1 saturated heterocycles. The summed E-state index contributed by atoms with van der Waals surface area (Å²) in [6.45, 7) is 1.49. The van der Waals surface area contributed by atoms with E-state index in [0.717, 1.165) is 10.5 Å². The third-order valence-corrected chi connectivity index (χ3v) is 4.41. The Morgan fingerprint density at radius 2 is 1.73 bits per heavy atom. The summed E-state index contributed by atoms with van der Waals surface area (Å²) in [7, 11) is 2.75. The van der Waals surface area contributed by atoms with E-state index in [1.807, 2.05) is 19.1 Å². The van der Waals surface area contributed by atoms with Gasteiger partial charge in [-0.15, -0.1) is 0 Å². The van der Waals surface area contributed by atoms with E-state index in [9.17, 15) is 19.5 Å². The number of phenols is 1. The highest BCUT2D eigenvalue weighted by molar-refractivity contribution is 6.16. The van der Waals surface area contributed by atoms with Crippen LogP contribution in [0.2, 0.25) is 0 Å². The molecule has 0 saturated carbocycles. The van der Waals surface area contributed by atoms with Crippen molar-refractivity contribution in [3.05, 3.63) is 53.2 Å². The number of amides is 4. The van der Waals surface area contributed by atoms with Crippen molar-refractivity contribution in [3.8, 4) is 17.2 Å². The van der Waals surface area contributed by atoms with Gasteiger partial charge < -0.3 is 25.2 Å². The van der Waals surface area contributed by atoms with Crippen LogP contribution in [0, 0.1) is 6.92 Å². The molecule has 0 spiro atoms. The molecular formula is C21H21N3O6. The van der Waals surface area contributed by atoms with Gasteiger partial charge in [0.15, 0.2) is 11.5 Å². The van der Waals surface area contributed by atoms with Gasteiger partial charge in [-0.05, 0) is 42.8 Å². The number of nitrogens with zero attached hydrogens (tertiary/aromatic N) is 1. The maximum atomic E-state index is 12.6. The van der Waals surface area contributed by atoms with Gasteiger partial charge in [-0.25, -0.2) is 9.69 Å². The molecule has 2 aromatic carbocycles. The quantitative estimate of drug-likeness (QED) is 0.496. The molecule has 1 heterocycles. The number of anilines is 1. The van der Waals surface area contributed by atoms with Crippen molar-refractivity contribution in [3.63, 3.8) is 0 Å². The molecule has 0 aliphatic carbocycles. The smallest absolute Gasteiger partial charge is 0.329 e. The largest absolute Gasteiger partial charge is 0.502 e. The molecular weight excluding hydrogens is 390 g/mol. The maximum absolute atomic E-state index is 12.6. The Hall–Kier alpha value is -4.01.